The topological polar surface area (TPSA) is 60.2 Å². The molecule has 9 heavy (non-hydrogen) atoms. The van der Waals surface area contributed by atoms with Crippen molar-refractivity contribution in [3.8, 4) is 0 Å². The number of hydrogen-bond acceptors (Lipinski definition) is 2. The maximum absolute atomic E-state index is 10.1. The number of amides is 1. The molecule has 0 aliphatic rings. The molecule has 0 aromatic heterocycles. The Bertz CT molecular complexity index is 137. The van der Waals surface area contributed by atoms with Crippen LogP contribution in [0.3, 0.4) is 0 Å². The Hall–Kier alpha value is -0.280. The molecule has 0 radical (unpaired) electrons. The largest absolute Gasteiger partial charge is 0.370 e. The van der Waals surface area contributed by atoms with Gasteiger partial charge in [0.15, 0.2) is 0 Å². The highest BCUT2D eigenvalue weighted by molar-refractivity contribution is 6.69. The average Bonchev–Trinajstić information content (AvgIpc) is 1.63. The van der Waals surface area contributed by atoms with Crippen molar-refractivity contribution in [2.45, 2.75) is 11.8 Å². The third kappa shape index (κ3) is 4.24. The lowest BCUT2D eigenvalue weighted by atomic mass is 10.3. The normalized spacial score (nSPS) is 12.7. The van der Waals surface area contributed by atoms with E-state index >= 15 is 0 Å². The van der Waals surface area contributed by atoms with Gasteiger partial charge in [-0.25, -0.2) is 0 Å². The van der Waals surface area contributed by atoms with Crippen molar-refractivity contribution in [3.63, 3.8) is 0 Å². The molecule has 0 aliphatic heterocycles. The van der Waals surface area contributed by atoms with Crippen molar-refractivity contribution >= 4 is 34.4 Å². The van der Waals surface area contributed by atoms with Gasteiger partial charge in [-0.2, -0.15) is 0 Å². The Morgan fingerprint density at radius 1 is 1.56 bits per heavy atom. The first-order valence-electron chi connectivity index (χ1n) is 2.15. The van der Waals surface area contributed by atoms with Crippen LogP contribution in [0.1, 0.15) is 6.42 Å². The van der Waals surface area contributed by atoms with Crippen LogP contribution in [-0.2, 0) is 9.59 Å². The van der Waals surface area contributed by atoms with Gasteiger partial charge in [-0.05, 0) is 11.6 Å². The molecule has 0 saturated heterocycles. The standard InChI is InChI=1S/C4H5Cl2NO2/c5-2(4(6)9)1-3(7)8/h2H,1H2,(H2,7,8). The van der Waals surface area contributed by atoms with Crippen molar-refractivity contribution in [3.05, 3.63) is 0 Å². The van der Waals surface area contributed by atoms with Gasteiger partial charge in [0.2, 0.25) is 11.1 Å². The number of halogens is 2. The van der Waals surface area contributed by atoms with Gasteiger partial charge in [-0.3, -0.25) is 9.59 Å². The molecule has 1 unspecified atom stereocenters. The van der Waals surface area contributed by atoms with Crippen molar-refractivity contribution in [1.82, 2.24) is 0 Å². The smallest absolute Gasteiger partial charge is 0.240 e. The van der Waals surface area contributed by atoms with Gasteiger partial charge in [0, 0.05) is 0 Å². The summed E-state index contributed by atoms with van der Waals surface area (Å²) in [5.41, 5.74) is 4.70. The van der Waals surface area contributed by atoms with Crippen LogP contribution < -0.4 is 5.73 Å². The second kappa shape index (κ2) is 3.69. The zero-order chi connectivity index (χ0) is 7.44. The van der Waals surface area contributed by atoms with Gasteiger partial charge in [0.1, 0.15) is 5.38 Å². The molecule has 3 nitrogen and oxygen atoms in total. The third-order valence-electron chi connectivity index (χ3n) is 0.627. The summed E-state index contributed by atoms with van der Waals surface area (Å²) in [6.07, 6.45) is -0.204. The summed E-state index contributed by atoms with van der Waals surface area (Å²) in [5.74, 6) is -0.635. The quantitative estimate of drug-likeness (QED) is 0.486. The zero-order valence-corrected chi connectivity index (χ0v) is 5.95. The van der Waals surface area contributed by atoms with Gasteiger partial charge in [-0.15, -0.1) is 11.6 Å². The molecule has 0 heterocycles. The summed E-state index contributed by atoms with van der Waals surface area (Å²) in [7, 11) is 0. The van der Waals surface area contributed by atoms with Crippen LogP contribution in [0.5, 0.6) is 0 Å². The molecule has 1 atom stereocenters. The molecule has 52 valence electrons. The fourth-order valence-corrected chi connectivity index (χ4v) is 0.486. The Morgan fingerprint density at radius 3 is 2.11 bits per heavy atom. The van der Waals surface area contributed by atoms with Crippen molar-refractivity contribution < 1.29 is 9.59 Å². The van der Waals surface area contributed by atoms with E-state index in [4.69, 9.17) is 28.9 Å². The third-order valence-corrected chi connectivity index (χ3v) is 1.35. The van der Waals surface area contributed by atoms with Crippen LogP contribution in [0.2, 0.25) is 0 Å². The van der Waals surface area contributed by atoms with Crippen LogP contribution in [0, 0.1) is 0 Å². The van der Waals surface area contributed by atoms with Crippen molar-refractivity contribution in [1.29, 1.82) is 0 Å². The van der Waals surface area contributed by atoms with E-state index in [0.717, 1.165) is 0 Å². The highest BCUT2D eigenvalue weighted by atomic mass is 35.5. The number of nitrogens with two attached hydrogens (primary N) is 1. The van der Waals surface area contributed by atoms with Crippen LogP contribution in [0.15, 0.2) is 0 Å². The van der Waals surface area contributed by atoms with E-state index in [1.54, 1.807) is 0 Å². The lowest BCUT2D eigenvalue weighted by molar-refractivity contribution is -0.120. The Balaban J connectivity index is 3.63. The Morgan fingerprint density at radius 2 is 2.00 bits per heavy atom. The molecule has 2 N–H and O–H groups in total. The fraction of sp³-hybridized carbons (Fsp3) is 0.500. The average molecular weight is 170 g/mol. The SMILES string of the molecule is NC(=O)CC(Cl)C(=O)Cl. The van der Waals surface area contributed by atoms with Gasteiger partial charge < -0.3 is 5.73 Å². The molecule has 0 rings (SSSR count). The van der Waals surface area contributed by atoms with Gasteiger partial charge in [0.25, 0.3) is 0 Å². The number of primary amides is 1. The maximum atomic E-state index is 10.1. The first-order valence-corrected chi connectivity index (χ1v) is 2.97. The second-order valence-electron chi connectivity index (χ2n) is 1.44. The second-order valence-corrected chi connectivity index (χ2v) is 2.34. The molecular weight excluding hydrogens is 165 g/mol. The number of alkyl halides is 1. The summed E-state index contributed by atoms with van der Waals surface area (Å²) in [5, 5.41) is -1.74. The monoisotopic (exact) mass is 169 g/mol. The van der Waals surface area contributed by atoms with E-state index in [2.05, 4.69) is 0 Å². The minimum absolute atomic E-state index is 0.204. The predicted molar refractivity (Wildman–Crippen MR) is 34.3 cm³/mol. The van der Waals surface area contributed by atoms with Gasteiger partial charge >= 0.3 is 0 Å². The lowest BCUT2D eigenvalue weighted by Crippen LogP contribution is -2.19. The van der Waals surface area contributed by atoms with E-state index in [9.17, 15) is 9.59 Å². The fourth-order valence-electron chi connectivity index (χ4n) is 0.257. The molecule has 0 aromatic rings. The highest BCUT2D eigenvalue weighted by Crippen LogP contribution is 2.04. The molecule has 0 bridgehead atoms. The van der Waals surface area contributed by atoms with E-state index in [0.29, 0.717) is 0 Å². The molecular formula is C4H5Cl2NO2. The molecule has 0 spiro atoms. The number of rotatable bonds is 3. The first-order chi connectivity index (χ1) is 4.04. The van der Waals surface area contributed by atoms with Crippen LogP contribution in [0.4, 0.5) is 0 Å². The Labute approximate surface area is 62.1 Å². The summed E-state index contributed by atoms with van der Waals surface area (Å²) in [6, 6.07) is 0. The first kappa shape index (κ1) is 8.72. The minimum atomic E-state index is -0.982. The minimum Gasteiger partial charge on any atom is -0.370 e. The van der Waals surface area contributed by atoms with Crippen molar-refractivity contribution in [2.24, 2.45) is 5.73 Å². The lowest BCUT2D eigenvalue weighted by Gasteiger charge is -1.96. The number of carbonyl (C=O) groups is 2. The van der Waals surface area contributed by atoms with Crippen LogP contribution in [0.25, 0.3) is 0 Å². The maximum Gasteiger partial charge on any atom is 0.240 e. The van der Waals surface area contributed by atoms with E-state index in [-0.39, 0.29) is 6.42 Å². The summed E-state index contributed by atoms with van der Waals surface area (Å²) < 4.78 is 0. The molecule has 1 amide bonds. The molecule has 0 aliphatic carbocycles. The van der Waals surface area contributed by atoms with Gasteiger partial charge in [-0.1, -0.05) is 0 Å². The van der Waals surface area contributed by atoms with Gasteiger partial charge in [0.05, 0.1) is 6.42 Å². The summed E-state index contributed by atoms with van der Waals surface area (Å²) >= 11 is 10.1. The predicted octanol–water partition coefficient (Wildman–Crippen LogP) is 0.235. The summed E-state index contributed by atoms with van der Waals surface area (Å²) in [4.78, 5) is 20.1. The number of carbonyl (C=O) groups excluding carboxylic acids is 2. The van der Waals surface area contributed by atoms with E-state index in [1.165, 1.54) is 0 Å². The zero-order valence-electron chi connectivity index (χ0n) is 4.43. The number of hydrogen-bond donors (Lipinski definition) is 1. The van der Waals surface area contributed by atoms with Crippen molar-refractivity contribution in [2.75, 3.05) is 0 Å². The molecule has 5 heteroatoms. The molecule has 0 aromatic carbocycles. The molecule has 0 fully saturated rings. The Kier molecular flexibility index (Phi) is 3.58. The van der Waals surface area contributed by atoms with Crippen LogP contribution in [-0.4, -0.2) is 16.5 Å². The summed E-state index contributed by atoms with van der Waals surface area (Å²) in [6.45, 7) is 0. The van der Waals surface area contributed by atoms with E-state index < -0.39 is 16.5 Å². The molecule has 0 saturated carbocycles. The van der Waals surface area contributed by atoms with Crippen LogP contribution >= 0.6 is 23.2 Å². The van der Waals surface area contributed by atoms with E-state index in [1.807, 2.05) is 0 Å². The highest BCUT2D eigenvalue weighted by Gasteiger charge is 2.14.